The molecule has 0 aromatic heterocycles. The zero-order valence-electron chi connectivity index (χ0n) is 8.14. The highest BCUT2D eigenvalue weighted by molar-refractivity contribution is 7.89. The molecule has 0 fully saturated rings. The molecule has 2 N–H and O–H groups in total. The first-order valence-corrected chi connectivity index (χ1v) is 6.32. The number of nitrogens with one attached hydrogen (secondary N) is 1. The van der Waals surface area contributed by atoms with Gasteiger partial charge in [0.25, 0.3) is 0 Å². The Labute approximate surface area is 93.9 Å². The predicted octanol–water partition coefficient (Wildman–Crippen LogP) is 0.923. The highest BCUT2D eigenvalue weighted by Gasteiger charge is 2.16. The Morgan fingerprint density at radius 3 is 2.40 bits per heavy atom. The van der Waals surface area contributed by atoms with Crippen molar-refractivity contribution in [1.29, 1.82) is 0 Å². The molecule has 0 saturated heterocycles. The molecule has 0 bridgehead atoms. The fraction of sp³-hybridized carbons (Fsp3) is 0.333. The molecule has 6 heteroatoms. The molecule has 0 spiro atoms. The van der Waals surface area contributed by atoms with Gasteiger partial charge in [-0.25, -0.2) is 13.1 Å². The Kier molecular flexibility index (Phi) is 4.10. The summed E-state index contributed by atoms with van der Waals surface area (Å²) in [5, 5.41) is 10.2. The van der Waals surface area contributed by atoms with E-state index in [1.165, 1.54) is 7.05 Å². The second-order valence-electron chi connectivity index (χ2n) is 3.05. The molecule has 1 unspecified atom stereocenters. The van der Waals surface area contributed by atoms with E-state index in [-0.39, 0.29) is 5.75 Å². The molecule has 1 atom stereocenters. The standard InChI is InChI=1S/C9H12ClNO3S/c1-11-15(13,14)6-9(12)7-2-4-8(10)5-3-7/h2-5,9,11-12H,6H2,1H3. The second-order valence-corrected chi connectivity index (χ2v) is 5.46. The molecule has 0 aliphatic carbocycles. The summed E-state index contributed by atoms with van der Waals surface area (Å²) in [5.41, 5.74) is 0.526. The normalized spacial score (nSPS) is 13.8. The lowest BCUT2D eigenvalue weighted by atomic mass is 10.1. The van der Waals surface area contributed by atoms with Crippen LogP contribution < -0.4 is 4.72 Å². The third-order valence-corrected chi connectivity index (χ3v) is 3.57. The summed E-state index contributed by atoms with van der Waals surface area (Å²) in [7, 11) is -2.10. The van der Waals surface area contributed by atoms with Crippen molar-refractivity contribution < 1.29 is 13.5 Å². The lowest BCUT2D eigenvalue weighted by Crippen LogP contribution is -2.25. The minimum Gasteiger partial charge on any atom is -0.387 e. The largest absolute Gasteiger partial charge is 0.387 e. The fourth-order valence-corrected chi connectivity index (χ4v) is 1.97. The summed E-state index contributed by atoms with van der Waals surface area (Å²) in [6.07, 6.45) is -1.04. The summed E-state index contributed by atoms with van der Waals surface area (Å²) in [4.78, 5) is 0. The molecule has 84 valence electrons. The summed E-state index contributed by atoms with van der Waals surface area (Å²) in [6.45, 7) is 0. The molecule has 0 amide bonds. The molecule has 0 aliphatic heterocycles. The Hall–Kier alpha value is -0.620. The van der Waals surface area contributed by atoms with E-state index in [0.29, 0.717) is 10.6 Å². The average Bonchev–Trinajstić information content (AvgIpc) is 2.18. The van der Waals surface area contributed by atoms with Crippen molar-refractivity contribution in [2.45, 2.75) is 6.10 Å². The van der Waals surface area contributed by atoms with Crippen LogP contribution in [0.25, 0.3) is 0 Å². The number of rotatable bonds is 4. The number of sulfonamides is 1. The zero-order valence-corrected chi connectivity index (χ0v) is 9.72. The molecule has 0 aliphatic rings. The minimum absolute atomic E-state index is 0.356. The van der Waals surface area contributed by atoms with Crippen LogP contribution >= 0.6 is 11.6 Å². The maximum absolute atomic E-state index is 11.2. The molecule has 1 aromatic rings. The number of aliphatic hydroxyl groups excluding tert-OH is 1. The lowest BCUT2D eigenvalue weighted by Gasteiger charge is -2.10. The molecule has 4 nitrogen and oxygen atoms in total. The number of halogens is 1. The van der Waals surface area contributed by atoms with Crippen LogP contribution in [0.1, 0.15) is 11.7 Å². The maximum atomic E-state index is 11.2. The van der Waals surface area contributed by atoms with Crippen molar-refractivity contribution in [3.05, 3.63) is 34.9 Å². The van der Waals surface area contributed by atoms with Gasteiger partial charge in [0.1, 0.15) is 0 Å². The van der Waals surface area contributed by atoms with Crippen molar-refractivity contribution in [1.82, 2.24) is 4.72 Å². The van der Waals surface area contributed by atoms with E-state index < -0.39 is 16.1 Å². The first-order valence-electron chi connectivity index (χ1n) is 4.29. The number of hydrogen-bond acceptors (Lipinski definition) is 3. The number of aliphatic hydroxyl groups is 1. The van der Waals surface area contributed by atoms with Gasteiger partial charge < -0.3 is 5.11 Å². The summed E-state index contributed by atoms with van der Waals surface area (Å²) >= 11 is 5.66. The Bertz CT molecular complexity index is 415. The third kappa shape index (κ3) is 3.79. The maximum Gasteiger partial charge on any atom is 0.214 e. The fourth-order valence-electron chi connectivity index (χ4n) is 1.07. The van der Waals surface area contributed by atoms with E-state index in [9.17, 15) is 13.5 Å². The van der Waals surface area contributed by atoms with Crippen LogP contribution in [0.4, 0.5) is 0 Å². The van der Waals surface area contributed by atoms with Crippen LogP contribution in [0, 0.1) is 0 Å². The van der Waals surface area contributed by atoms with Gasteiger partial charge in [-0.2, -0.15) is 0 Å². The second kappa shape index (κ2) is 4.94. The van der Waals surface area contributed by atoms with Gasteiger partial charge in [-0.05, 0) is 24.7 Å². The van der Waals surface area contributed by atoms with Crippen molar-refractivity contribution in [3.63, 3.8) is 0 Å². The highest BCUT2D eigenvalue weighted by atomic mass is 35.5. The van der Waals surface area contributed by atoms with Gasteiger partial charge in [-0.15, -0.1) is 0 Å². The molecule has 15 heavy (non-hydrogen) atoms. The number of hydrogen-bond donors (Lipinski definition) is 2. The summed E-state index contributed by atoms with van der Waals surface area (Å²) in [5.74, 6) is -0.356. The van der Waals surface area contributed by atoms with Gasteiger partial charge in [0.2, 0.25) is 10.0 Å². The smallest absolute Gasteiger partial charge is 0.214 e. The monoisotopic (exact) mass is 249 g/mol. The van der Waals surface area contributed by atoms with Gasteiger partial charge in [0.05, 0.1) is 11.9 Å². The first-order chi connectivity index (χ1) is 6.94. The molecular formula is C9H12ClNO3S. The molecule has 1 aromatic carbocycles. The van der Waals surface area contributed by atoms with Crippen LogP contribution in [0.2, 0.25) is 5.02 Å². The van der Waals surface area contributed by atoms with E-state index >= 15 is 0 Å². The van der Waals surface area contributed by atoms with Gasteiger partial charge >= 0.3 is 0 Å². The lowest BCUT2D eigenvalue weighted by molar-refractivity contribution is 0.201. The third-order valence-electron chi connectivity index (χ3n) is 1.94. The SMILES string of the molecule is CNS(=O)(=O)CC(O)c1ccc(Cl)cc1. The summed E-state index contributed by atoms with van der Waals surface area (Å²) < 4.78 is 24.4. The van der Waals surface area contributed by atoms with Crippen LogP contribution in [-0.2, 0) is 10.0 Å². The first kappa shape index (κ1) is 12.4. The van der Waals surface area contributed by atoms with Crippen molar-refractivity contribution in [2.24, 2.45) is 0 Å². The van der Waals surface area contributed by atoms with Crippen LogP contribution in [0.5, 0.6) is 0 Å². The molecule has 0 radical (unpaired) electrons. The van der Waals surface area contributed by atoms with E-state index in [1.807, 2.05) is 0 Å². The Morgan fingerprint density at radius 2 is 1.93 bits per heavy atom. The van der Waals surface area contributed by atoms with E-state index in [0.717, 1.165) is 0 Å². The molecule has 1 rings (SSSR count). The Morgan fingerprint density at radius 1 is 1.40 bits per heavy atom. The van der Waals surface area contributed by atoms with E-state index in [4.69, 9.17) is 11.6 Å². The van der Waals surface area contributed by atoms with Crippen LogP contribution in [0.15, 0.2) is 24.3 Å². The van der Waals surface area contributed by atoms with Gasteiger partial charge in [0.15, 0.2) is 0 Å². The Balaban J connectivity index is 2.78. The highest BCUT2D eigenvalue weighted by Crippen LogP contribution is 2.17. The van der Waals surface area contributed by atoms with E-state index in [2.05, 4.69) is 4.72 Å². The minimum atomic E-state index is -3.41. The zero-order chi connectivity index (χ0) is 11.5. The van der Waals surface area contributed by atoms with E-state index in [1.54, 1.807) is 24.3 Å². The molecule has 0 saturated carbocycles. The van der Waals surface area contributed by atoms with Crippen molar-refractivity contribution in [2.75, 3.05) is 12.8 Å². The van der Waals surface area contributed by atoms with Crippen LogP contribution in [0.3, 0.4) is 0 Å². The predicted molar refractivity (Wildman–Crippen MR) is 59.3 cm³/mol. The molecule has 0 heterocycles. The van der Waals surface area contributed by atoms with Gasteiger partial charge in [-0.3, -0.25) is 0 Å². The van der Waals surface area contributed by atoms with Gasteiger partial charge in [-0.1, -0.05) is 23.7 Å². The topological polar surface area (TPSA) is 66.4 Å². The number of benzene rings is 1. The summed E-state index contributed by atoms with van der Waals surface area (Å²) in [6, 6.07) is 6.40. The molecular weight excluding hydrogens is 238 g/mol. The van der Waals surface area contributed by atoms with Crippen molar-refractivity contribution >= 4 is 21.6 Å². The quantitative estimate of drug-likeness (QED) is 0.834. The average molecular weight is 250 g/mol. The van der Waals surface area contributed by atoms with Crippen LogP contribution in [-0.4, -0.2) is 26.3 Å². The van der Waals surface area contributed by atoms with Crippen molar-refractivity contribution in [3.8, 4) is 0 Å². The van der Waals surface area contributed by atoms with Gasteiger partial charge in [0, 0.05) is 5.02 Å².